The number of piperidine rings is 1. The van der Waals surface area contributed by atoms with E-state index in [1.807, 2.05) is 6.92 Å². The average molecular weight is 269 g/mol. The van der Waals surface area contributed by atoms with Crippen LogP contribution in [-0.2, 0) is 4.79 Å². The van der Waals surface area contributed by atoms with Crippen LogP contribution in [0, 0.1) is 5.92 Å². The van der Waals surface area contributed by atoms with Gasteiger partial charge in [0.05, 0.1) is 6.04 Å². The number of carbonyl (C=O) groups is 1. The summed E-state index contributed by atoms with van der Waals surface area (Å²) in [5, 5.41) is 6.41. The lowest BCUT2D eigenvalue weighted by atomic mass is 9.90. The highest BCUT2D eigenvalue weighted by atomic mass is 16.2. The summed E-state index contributed by atoms with van der Waals surface area (Å²) < 4.78 is 0. The van der Waals surface area contributed by atoms with E-state index in [2.05, 4.69) is 36.3 Å². The number of hydrogen-bond acceptors (Lipinski definition) is 3. The first-order valence-electron chi connectivity index (χ1n) is 7.84. The molecule has 1 amide bonds. The van der Waals surface area contributed by atoms with Crippen molar-refractivity contribution in [2.75, 3.05) is 26.2 Å². The van der Waals surface area contributed by atoms with E-state index in [-0.39, 0.29) is 11.9 Å². The Kier molecular flexibility index (Phi) is 7.39. The maximum Gasteiger partial charge on any atom is 0.236 e. The lowest BCUT2D eigenvalue weighted by Gasteiger charge is -2.35. The zero-order chi connectivity index (χ0) is 14.3. The number of hydrogen-bond donors (Lipinski definition) is 2. The highest BCUT2D eigenvalue weighted by Gasteiger charge is 2.25. The van der Waals surface area contributed by atoms with Gasteiger partial charge in [-0.2, -0.15) is 0 Å². The van der Waals surface area contributed by atoms with Crippen molar-refractivity contribution in [3.63, 3.8) is 0 Å². The smallest absolute Gasteiger partial charge is 0.236 e. The molecule has 1 aliphatic heterocycles. The van der Waals surface area contributed by atoms with E-state index >= 15 is 0 Å². The first-order valence-corrected chi connectivity index (χ1v) is 7.84. The Balaban J connectivity index is 2.30. The molecule has 112 valence electrons. The SMILES string of the molecule is CCCNC(=O)C(C)NC(C)C1CCN(CC)CC1. The van der Waals surface area contributed by atoms with Gasteiger partial charge in [-0.25, -0.2) is 0 Å². The van der Waals surface area contributed by atoms with Crippen LogP contribution in [0.5, 0.6) is 0 Å². The molecular formula is C15H31N3O. The van der Waals surface area contributed by atoms with Gasteiger partial charge in [0.15, 0.2) is 0 Å². The summed E-state index contributed by atoms with van der Waals surface area (Å²) in [6, 6.07) is 0.326. The third-order valence-electron chi connectivity index (χ3n) is 4.24. The Labute approximate surface area is 118 Å². The molecule has 1 heterocycles. The number of carbonyl (C=O) groups excluding carboxylic acids is 1. The number of rotatable bonds is 7. The van der Waals surface area contributed by atoms with Crippen molar-refractivity contribution in [3.8, 4) is 0 Å². The summed E-state index contributed by atoms with van der Waals surface area (Å²) in [6.07, 6.45) is 3.47. The van der Waals surface area contributed by atoms with E-state index in [0.717, 1.165) is 19.5 Å². The molecule has 0 spiro atoms. The molecular weight excluding hydrogens is 238 g/mol. The minimum Gasteiger partial charge on any atom is -0.355 e. The summed E-state index contributed by atoms with van der Waals surface area (Å²) in [5.41, 5.74) is 0. The monoisotopic (exact) mass is 269 g/mol. The lowest BCUT2D eigenvalue weighted by Crippen LogP contribution is -2.49. The van der Waals surface area contributed by atoms with E-state index in [0.29, 0.717) is 12.0 Å². The van der Waals surface area contributed by atoms with Crippen LogP contribution in [0.2, 0.25) is 0 Å². The predicted octanol–water partition coefficient (Wildman–Crippen LogP) is 1.61. The van der Waals surface area contributed by atoms with Gasteiger partial charge in [-0.3, -0.25) is 4.79 Å². The van der Waals surface area contributed by atoms with Crippen molar-refractivity contribution in [1.29, 1.82) is 0 Å². The molecule has 0 aromatic rings. The van der Waals surface area contributed by atoms with Gasteiger partial charge in [0.25, 0.3) is 0 Å². The third kappa shape index (κ3) is 5.49. The average Bonchev–Trinajstić information content (AvgIpc) is 2.44. The molecule has 1 fully saturated rings. The fourth-order valence-electron chi connectivity index (χ4n) is 2.78. The molecule has 0 bridgehead atoms. The van der Waals surface area contributed by atoms with Gasteiger partial charge < -0.3 is 15.5 Å². The Hall–Kier alpha value is -0.610. The topological polar surface area (TPSA) is 44.4 Å². The van der Waals surface area contributed by atoms with Crippen molar-refractivity contribution < 1.29 is 4.79 Å². The van der Waals surface area contributed by atoms with Crippen molar-refractivity contribution in [2.24, 2.45) is 5.92 Å². The molecule has 0 aromatic carbocycles. The van der Waals surface area contributed by atoms with Crippen LogP contribution in [0.1, 0.15) is 47.0 Å². The molecule has 1 aliphatic rings. The van der Waals surface area contributed by atoms with Gasteiger partial charge in [-0.05, 0) is 58.7 Å². The summed E-state index contributed by atoms with van der Waals surface area (Å²) in [7, 11) is 0. The second-order valence-corrected chi connectivity index (χ2v) is 5.74. The molecule has 2 atom stereocenters. The molecule has 0 saturated carbocycles. The van der Waals surface area contributed by atoms with Gasteiger partial charge >= 0.3 is 0 Å². The van der Waals surface area contributed by atoms with E-state index in [1.54, 1.807) is 0 Å². The molecule has 0 aliphatic carbocycles. The maximum atomic E-state index is 11.8. The van der Waals surface area contributed by atoms with Crippen LogP contribution in [0.15, 0.2) is 0 Å². The molecule has 2 unspecified atom stereocenters. The Bertz CT molecular complexity index is 262. The lowest BCUT2D eigenvalue weighted by molar-refractivity contribution is -0.123. The zero-order valence-corrected chi connectivity index (χ0v) is 13.0. The van der Waals surface area contributed by atoms with E-state index in [9.17, 15) is 4.79 Å². The van der Waals surface area contributed by atoms with Gasteiger partial charge in [0, 0.05) is 12.6 Å². The molecule has 0 radical (unpaired) electrons. The Morgan fingerprint density at radius 2 is 1.89 bits per heavy atom. The molecule has 1 rings (SSSR count). The number of nitrogens with zero attached hydrogens (tertiary/aromatic N) is 1. The standard InChI is InChI=1S/C15H31N3O/c1-5-9-16-15(19)13(4)17-12(3)14-7-10-18(6-2)11-8-14/h12-14,17H,5-11H2,1-4H3,(H,16,19). The first-order chi connectivity index (χ1) is 9.08. The quantitative estimate of drug-likeness (QED) is 0.738. The molecule has 4 nitrogen and oxygen atoms in total. The fraction of sp³-hybridized carbons (Fsp3) is 0.933. The molecule has 1 saturated heterocycles. The van der Waals surface area contributed by atoms with Crippen molar-refractivity contribution in [2.45, 2.75) is 59.0 Å². The zero-order valence-electron chi connectivity index (χ0n) is 13.0. The number of amides is 1. The van der Waals surface area contributed by atoms with Crippen LogP contribution in [-0.4, -0.2) is 49.1 Å². The van der Waals surface area contributed by atoms with Crippen molar-refractivity contribution >= 4 is 5.91 Å². The van der Waals surface area contributed by atoms with Gasteiger partial charge in [0.2, 0.25) is 5.91 Å². The van der Waals surface area contributed by atoms with E-state index < -0.39 is 0 Å². The highest BCUT2D eigenvalue weighted by molar-refractivity contribution is 5.81. The Morgan fingerprint density at radius 3 is 2.42 bits per heavy atom. The first kappa shape index (κ1) is 16.4. The van der Waals surface area contributed by atoms with E-state index in [1.165, 1.54) is 25.9 Å². The van der Waals surface area contributed by atoms with Crippen LogP contribution < -0.4 is 10.6 Å². The normalized spacial score (nSPS) is 21.1. The van der Waals surface area contributed by atoms with Crippen molar-refractivity contribution in [1.82, 2.24) is 15.5 Å². The highest BCUT2D eigenvalue weighted by Crippen LogP contribution is 2.20. The summed E-state index contributed by atoms with van der Waals surface area (Å²) in [6.45, 7) is 12.8. The number of nitrogens with one attached hydrogen (secondary N) is 2. The second-order valence-electron chi connectivity index (χ2n) is 5.74. The Morgan fingerprint density at radius 1 is 1.26 bits per heavy atom. The van der Waals surface area contributed by atoms with Crippen LogP contribution in [0.4, 0.5) is 0 Å². The van der Waals surface area contributed by atoms with Crippen LogP contribution in [0.25, 0.3) is 0 Å². The summed E-state index contributed by atoms with van der Waals surface area (Å²) in [5.74, 6) is 0.823. The summed E-state index contributed by atoms with van der Waals surface area (Å²) >= 11 is 0. The molecule has 4 heteroatoms. The molecule has 2 N–H and O–H groups in total. The van der Waals surface area contributed by atoms with Gasteiger partial charge in [-0.1, -0.05) is 13.8 Å². The molecule has 19 heavy (non-hydrogen) atoms. The van der Waals surface area contributed by atoms with Crippen LogP contribution in [0.3, 0.4) is 0 Å². The van der Waals surface area contributed by atoms with Gasteiger partial charge in [-0.15, -0.1) is 0 Å². The summed E-state index contributed by atoms with van der Waals surface area (Å²) in [4.78, 5) is 14.3. The fourth-order valence-corrected chi connectivity index (χ4v) is 2.78. The van der Waals surface area contributed by atoms with E-state index in [4.69, 9.17) is 0 Å². The number of likely N-dealkylation sites (tertiary alicyclic amines) is 1. The molecule has 0 aromatic heterocycles. The minimum absolute atomic E-state index is 0.0919. The largest absolute Gasteiger partial charge is 0.355 e. The predicted molar refractivity (Wildman–Crippen MR) is 80.2 cm³/mol. The minimum atomic E-state index is -0.0919. The van der Waals surface area contributed by atoms with Gasteiger partial charge in [0.1, 0.15) is 0 Å². The maximum absolute atomic E-state index is 11.8. The van der Waals surface area contributed by atoms with Crippen LogP contribution >= 0.6 is 0 Å². The third-order valence-corrected chi connectivity index (χ3v) is 4.24. The van der Waals surface area contributed by atoms with Crippen molar-refractivity contribution in [3.05, 3.63) is 0 Å². The second kappa shape index (κ2) is 8.54.